The highest BCUT2D eigenvalue weighted by atomic mass is 16.5. The van der Waals surface area contributed by atoms with Crippen LogP contribution in [0.25, 0.3) is 0 Å². The number of amides is 2. The summed E-state index contributed by atoms with van der Waals surface area (Å²) in [5, 5.41) is 3.20. The molecule has 2 fully saturated rings. The molecule has 3 rings (SSSR count). The van der Waals surface area contributed by atoms with Gasteiger partial charge in [-0.3, -0.25) is 4.98 Å². The van der Waals surface area contributed by atoms with Crippen LogP contribution in [0.2, 0.25) is 0 Å². The summed E-state index contributed by atoms with van der Waals surface area (Å²) in [6.45, 7) is 7.22. The largest absolute Gasteiger partial charge is 0.375 e. The highest BCUT2D eigenvalue weighted by molar-refractivity contribution is 5.74. The molecule has 2 aliphatic rings. The van der Waals surface area contributed by atoms with Crippen LogP contribution in [0.4, 0.5) is 4.79 Å². The zero-order valence-corrected chi connectivity index (χ0v) is 14.5. The Morgan fingerprint density at radius 3 is 2.75 bits per heavy atom. The van der Waals surface area contributed by atoms with Crippen molar-refractivity contribution < 1.29 is 9.53 Å². The van der Waals surface area contributed by atoms with Gasteiger partial charge in [-0.2, -0.15) is 0 Å². The van der Waals surface area contributed by atoms with Gasteiger partial charge in [0.25, 0.3) is 0 Å². The van der Waals surface area contributed by atoms with Crippen molar-refractivity contribution in [1.29, 1.82) is 0 Å². The second-order valence-corrected chi connectivity index (χ2v) is 6.80. The molecule has 1 aromatic rings. The number of likely N-dealkylation sites (tertiary alicyclic amines) is 1. The summed E-state index contributed by atoms with van der Waals surface area (Å²) in [7, 11) is 0. The quantitative estimate of drug-likeness (QED) is 0.908. The van der Waals surface area contributed by atoms with Crippen molar-refractivity contribution in [3.63, 3.8) is 0 Å². The Labute approximate surface area is 144 Å². The number of carbonyl (C=O) groups excluding carboxylic acids is 1. The fraction of sp³-hybridized carbons (Fsp3) is 0.667. The van der Waals surface area contributed by atoms with Crippen molar-refractivity contribution in [2.24, 2.45) is 0 Å². The first-order valence-electron chi connectivity index (χ1n) is 8.99. The van der Waals surface area contributed by atoms with Crippen LogP contribution in [0, 0.1) is 0 Å². The molecular formula is C18H28N4O2. The van der Waals surface area contributed by atoms with E-state index >= 15 is 0 Å². The van der Waals surface area contributed by atoms with Gasteiger partial charge < -0.3 is 19.9 Å². The Balaban J connectivity index is 1.36. The predicted molar refractivity (Wildman–Crippen MR) is 92.9 cm³/mol. The van der Waals surface area contributed by atoms with Crippen LogP contribution in [-0.2, 0) is 11.2 Å². The van der Waals surface area contributed by atoms with Crippen LogP contribution in [0.5, 0.6) is 0 Å². The molecule has 3 heterocycles. The Hall–Kier alpha value is -1.66. The van der Waals surface area contributed by atoms with E-state index < -0.39 is 0 Å². The average Bonchev–Trinajstić information content (AvgIpc) is 2.62. The normalized spacial score (nSPS) is 23.2. The van der Waals surface area contributed by atoms with Gasteiger partial charge in [0.05, 0.1) is 12.7 Å². The Kier molecular flexibility index (Phi) is 6.04. The molecule has 2 aliphatic heterocycles. The third-order valence-electron chi connectivity index (χ3n) is 4.91. The monoisotopic (exact) mass is 332 g/mol. The number of ether oxygens (including phenoxy) is 1. The van der Waals surface area contributed by atoms with Gasteiger partial charge in [-0.25, -0.2) is 4.79 Å². The number of aromatic nitrogens is 1. The molecule has 2 saturated heterocycles. The molecule has 0 aliphatic carbocycles. The standard InChI is InChI=1S/C18H28N4O2/c1-15-14-22(12-13-24-15)18(23)20-17-5-10-21(11-6-17)9-4-16-2-7-19-8-3-16/h2-3,7-8,15,17H,4-6,9-14H2,1H3,(H,20,23)/t15-/m0/s1. The van der Waals surface area contributed by atoms with E-state index in [-0.39, 0.29) is 12.1 Å². The van der Waals surface area contributed by atoms with Gasteiger partial charge in [-0.15, -0.1) is 0 Å². The molecule has 0 radical (unpaired) electrons. The Bertz CT molecular complexity index is 517. The number of nitrogens with one attached hydrogen (secondary N) is 1. The highest BCUT2D eigenvalue weighted by Crippen LogP contribution is 2.13. The smallest absolute Gasteiger partial charge is 0.317 e. The number of rotatable bonds is 4. The topological polar surface area (TPSA) is 57.7 Å². The van der Waals surface area contributed by atoms with Gasteiger partial charge in [-0.05, 0) is 43.9 Å². The number of nitrogens with zero attached hydrogens (tertiary/aromatic N) is 3. The molecule has 132 valence electrons. The summed E-state index contributed by atoms with van der Waals surface area (Å²) < 4.78 is 5.49. The first-order chi connectivity index (χ1) is 11.7. The van der Waals surface area contributed by atoms with Gasteiger partial charge in [0, 0.05) is 51.2 Å². The minimum atomic E-state index is 0.0698. The number of urea groups is 1. The van der Waals surface area contributed by atoms with E-state index in [1.165, 1.54) is 5.56 Å². The molecule has 2 amide bonds. The highest BCUT2D eigenvalue weighted by Gasteiger charge is 2.25. The zero-order valence-electron chi connectivity index (χ0n) is 14.5. The SMILES string of the molecule is C[C@H]1CN(C(=O)NC2CCN(CCc3ccncc3)CC2)CCO1. The lowest BCUT2D eigenvalue weighted by Crippen LogP contribution is -2.53. The van der Waals surface area contributed by atoms with E-state index in [2.05, 4.69) is 27.3 Å². The van der Waals surface area contributed by atoms with E-state index in [1.807, 2.05) is 24.2 Å². The number of piperidine rings is 1. The van der Waals surface area contributed by atoms with Crippen molar-refractivity contribution in [3.05, 3.63) is 30.1 Å². The molecule has 6 heteroatoms. The molecule has 0 unspecified atom stereocenters. The van der Waals surface area contributed by atoms with Gasteiger partial charge in [-0.1, -0.05) is 0 Å². The molecule has 0 spiro atoms. The van der Waals surface area contributed by atoms with E-state index in [0.29, 0.717) is 25.7 Å². The molecule has 1 N–H and O–H groups in total. The Morgan fingerprint density at radius 2 is 2.04 bits per heavy atom. The maximum atomic E-state index is 12.3. The molecule has 1 atom stereocenters. The maximum absolute atomic E-state index is 12.3. The third kappa shape index (κ3) is 4.92. The van der Waals surface area contributed by atoms with Crippen molar-refractivity contribution in [3.8, 4) is 0 Å². The first-order valence-corrected chi connectivity index (χ1v) is 8.99. The number of carbonyl (C=O) groups is 1. The minimum Gasteiger partial charge on any atom is -0.375 e. The van der Waals surface area contributed by atoms with E-state index in [1.54, 1.807) is 0 Å². The van der Waals surface area contributed by atoms with Crippen molar-refractivity contribution in [2.45, 2.75) is 38.3 Å². The maximum Gasteiger partial charge on any atom is 0.317 e. The molecule has 1 aromatic heterocycles. The van der Waals surface area contributed by atoms with Crippen LogP contribution >= 0.6 is 0 Å². The van der Waals surface area contributed by atoms with E-state index in [0.717, 1.165) is 38.9 Å². The molecule has 0 saturated carbocycles. The van der Waals surface area contributed by atoms with Crippen molar-refractivity contribution in [2.75, 3.05) is 39.3 Å². The van der Waals surface area contributed by atoms with Crippen LogP contribution < -0.4 is 5.32 Å². The molecular weight excluding hydrogens is 304 g/mol. The van der Waals surface area contributed by atoms with Crippen LogP contribution in [0.3, 0.4) is 0 Å². The molecule has 6 nitrogen and oxygen atoms in total. The summed E-state index contributed by atoms with van der Waals surface area (Å²) in [5.74, 6) is 0. The number of hydrogen-bond donors (Lipinski definition) is 1. The average molecular weight is 332 g/mol. The number of hydrogen-bond acceptors (Lipinski definition) is 4. The lowest BCUT2D eigenvalue weighted by atomic mass is 10.0. The molecule has 0 bridgehead atoms. The summed E-state index contributed by atoms with van der Waals surface area (Å²) in [6, 6.07) is 4.53. The predicted octanol–water partition coefficient (Wildman–Crippen LogP) is 1.52. The lowest BCUT2D eigenvalue weighted by Gasteiger charge is -2.35. The summed E-state index contributed by atoms with van der Waals surface area (Å²) in [6.07, 6.45) is 6.96. The van der Waals surface area contributed by atoms with Gasteiger partial charge in [0.1, 0.15) is 0 Å². The first kappa shape index (κ1) is 17.2. The fourth-order valence-electron chi connectivity index (χ4n) is 3.41. The Morgan fingerprint density at radius 1 is 1.29 bits per heavy atom. The van der Waals surface area contributed by atoms with Crippen LogP contribution in [-0.4, -0.2) is 72.3 Å². The molecule has 0 aromatic carbocycles. The number of pyridine rings is 1. The second-order valence-electron chi connectivity index (χ2n) is 6.80. The minimum absolute atomic E-state index is 0.0698. The van der Waals surface area contributed by atoms with Crippen molar-refractivity contribution >= 4 is 6.03 Å². The summed E-state index contributed by atoms with van der Waals surface area (Å²) in [4.78, 5) is 20.8. The van der Waals surface area contributed by atoms with Gasteiger partial charge in [0.2, 0.25) is 0 Å². The second kappa shape index (κ2) is 8.44. The fourth-order valence-corrected chi connectivity index (χ4v) is 3.41. The van der Waals surface area contributed by atoms with Gasteiger partial charge in [0.15, 0.2) is 0 Å². The van der Waals surface area contributed by atoms with Crippen molar-refractivity contribution in [1.82, 2.24) is 20.1 Å². The zero-order chi connectivity index (χ0) is 16.8. The third-order valence-corrected chi connectivity index (χ3v) is 4.91. The van der Waals surface area contributed by atoms with Gasteiger partial charge >= 0.3 is 6.03 Å². The van der Waals surface area contributed by atoms with E-state index in [4.69, 9.17) is 4.74 Å². The lowest BCUT2D eigenvalue weighted by molar-refractivity contribution is -0.00418. The number of morpholine rings is 1. The summed E-state index contributed by atoms with van der Waals surface area (Å²) >= 11 is 0. The van der Waals surface area contributed by atoms with Crippen LogP contribution in [0.1, 0.15) is 25.3 Å². The van der Waals surface area contributed by atoms with E-state index in [9.17, 15) is 4.79 Å². The van der Waals surface area contributed by atoms with Crippen LogP contribution in [0.15, 0.2) is 24.5 Å². The summed E-state index contributed by atoms with van der Waals surface area (Å²) in [5.41, 5.74) is 1.34. The molecule has 24 heavy (non-hydrogen) atoms.